The molecule has 0 aromatic rings. The zero-order valence-corrected chi connectivity index (χ0v) is 43.0. The van der Waals surface area contributed by atoms with Crippen LogP contribution < -0.4 is 0 Å². The maximum absolute atomic E-state index is 12.8. The Labute approximate surface area is 402 Å². The molecule has 0 N–H and O–H groups in total. The van der Waals surface area contributed by atoms with Gasteiger partial charge < -0.3 is 14.2 Å². The molecular weight excluding hydrogens is 805 g/mol. The van der Waals surface area contributed by atoms with Crippen molar-refractivity contribution in [2.24, 2.45) is 0 Å². The summed E-state index contributed by atoms with van der Waals surface area (Å²) < 4.78 is 16.8. The number of esters is 3. The molecule has 0 radical (unpaired) electrons. The average Bonchev–Trinajstić information content (AvgIpc) is 3.30. The van der Waals surface area contributed by atoms with Crippen molar-refractivity contribution in [3.63, 3.8) is 0 Å². The molecule has 0 aromatic carbocycles. The Kier molecular flexibility index (Phi) is 51.3. The molecule has 0 aromatic heterocycles. The van der Waals surface area contributed by atoms with Gasteiger partial charge in [0.1, 0.15) is 13.2 Å². The Morgan fingerprint density at radius 3 is 1.00 bits per heavy atom. The second-order valence-electron chi connectivity index (χ2n) is 18.5. The van der Waals surface area contributed by atoms with Crippen LogP contribution in [-0.4, -0.2) is 37.2 Å². The molecule has 0 aliphatic carbocycles. The van der Waals surface area contributed by atoms with Crippen molar-refractivity contribution in [1.82, 2.24) is 0 Å². The highest BCUT2D eigenvalue weighted by molar-refractivity contribution is 5.71. The summed E-state index contributed by atoms with van der Waals surface area (Å²) in [7, 11) is 0. The maximum atomic E-state index is 12.8. The lowest BCUT2D eigenvalue weighted by molar-refractivity contribution is -0.167. The molecule has 0 amide bonds. The molecule has 6 heteroatoms. The third-order valence-electron chi connectivity index (χ3n) is 12.0. The van der Waals surface area contributed by atoms with E-state index < -0.39 is 6.10 Å². The highest BCUT2D eigenvalue weighted by atomic mass is 16.6. The quantitative estimate of drug-likeness (QED) is 0.0262. The van der Waals surface area contributed by atoms with Crippen LogP contribution in [0.3, 0.4) is 0 Å². The molecular formula is C59H104O6. The first-order valence-electron chi connectivity index (χ1n) is 27.8. The average molecular weight is 909 g/mol. The monoisotopic (exact) mass is 909 g/mol. The van der Waals surface area contributed by atoms with Gasteiger partial charge in [0.15, 0.2) is 6.10 Å². The molecule has 0 rings (SSSR count). The molecule has 6 nitrogen and oxygen atoms in total. The first kappa shape index (κ1) is 62.1. The van der Waals surface area contributed by atoms with Gasteiger partial charge in [0.2, 0.25) is 0 Å². The second kappa shape index (κ2) is 53.7. The molecule has 0 heterocycles. The molecule has 376 valence electrons. The predicted octanol–water partition coefficient (Wildman–Crippen LogP) is 18.4. The summed E-state index contributed by atoms with van der Waals surface area (Å²) in [4.78, 5) is 38.0. The van der Waals surface area contributed by atoms with Crippen LogP contribution in [-0.2, 0) is 28.6 Å². The summed E-state index contributed by atoms with van der Waals surface area (Å²) in [5.41, 5.74) is 0. The Bertz CT molecular complexity index is 1180. The molecule has 0 aliphatic heterocycles. The minimum atomic E-state index is -0.797. The van der Waals surface area contributed by atoms with Crippen LogP contribution in [0, 0.1) is 0 Å². The van der Waals surface area contributed by atoms with Crippen molar-refractivity contribution in [1.29, 1.82) is 0 Å². The molecule has 0 spiro atoms. The van der Waals surface area contributed by atoms with E-state index in [0.29, 0.717) is 19.3 Å². The van der Waals surface area contributed by atoms with Crippen molar-refractivity contribution in [2.75, 3.05) is 13.2 Å². The highest BCUT2D eigenvalue weighted by Gasteiger charge is 2.19. The molecule has 65 heavy (non-hydrogen) atoms. The highest BCUT2D eigenvalue weighted by Crippen LogP contribution is 2.16. The summed E-state index contributed by atoms with van der Waals surface area (Å²) in [6, 6.07) is 0. The minimum Gasteiger partial charge on any atom is -0.462 e. The summed E-state index contributed by atoms with van der Waals surface area (Å²) in [6.45, 7) is 6.49. The number of rotatable bonds is 50. The lowest BCUT2D eigenvalue weighted by atomic mass is 10.0. The van der Waals surface area contributed by atoms with E-state index in [1.807, 2.05) is 0 Å². The van der Waals surface area contributed by atoms with Crippen LogP contribution in [0.4, 0.5) is 0 Å². The van der Waals surface area contributed by atoms with Crippen molar-refractivity contribution in [2.45, 2.75) is 284 Å². The van der Waals surface area contributed by atoms with Crippen LogP contribution in [0.1, 0.15) is 278 Å². The Balaban J connectivity index is 4.38. The number of unbranched alkanes of at least 4 members (excludes halogenated alkanes) is 29. The number of ether oxygens (including phenoxy) is 3. The number of allylic oxidation sites excluding steroid dienone is 10. The van der Waals surface area contributed by atoms with Crippen LogP contribution in [0.5, 0.6) is 0 Å². The van der Waals surface area contributed by atoms with Crippen LogP contribution in [0.2, 0.25) is 0 Å². The van der Waals surface area contributed by atoms with Gasteiger partial charge >= 0.3 is 17.9 Å². The van der Waals surface area contributed by atoms with Crippen molar-refractivity contribution >= 4 is 17.9 Å². The van der Waals surface area contributed by atoms with Gasteiger partial charge in [-0.3, -0.25) is 14.4 Å². The first-order valence-corrected chi connectivity index (χ1v) is 27.8. The van der Waals surface area contributed by atoms with E-state index in [-0.39, 0.29) is 37.5 Å². The number of carbonyl (C=O) groups excluding carboxylic acids is 3. The summed E-state index contributed by atoms with van der Waals surface area (Å²) in [5, 5.41) is 0. The number of hydrogen-bond donors (Lipinski definition) is 0. The summed E-state index contributed by atoms with van der Waals surface area (Å²) >= 11 is 0. The zero-order valence-electron chi connectivity index (χ0n) is 43.0. The van der Waals surface area contributed by atoms with Gasteiger partial charge in [-0.1, -0.05) is 236 Å². The van der Waals surface area contributed by atoms with Gasteiger partial charge in [-0.2, -0.15) is 0 Å². The maximum Gasteiger partial charge on any atom is 0.306 e. The lowest BCUT2D eigenvalue weighted by Gasteiger charge is -2.18. The van der Waals surface area contributed by atoms with Gasteiger partial charge in [0.25, 0.3) is 0 Å². The van der Waals surface area contributed by atoms with E-state index in [4.69, 9.17) is 14.2 Å². The van der Waals surface area contributed by atoms with Gasteiger partial charge in [0, 0.05) is 19.3 Å². The van der Waals surface area contributed by atoms with E-state index in [1.165, 1.54) is 148 Å². The lowest BCUT2D eigenvalue weighted by Crippen LogP contribution is -2.30. The third kappa shape index (κ3) is 51.9. The molecule has 0 aliphatic rings. The van der Waals surface area contributed by atoms with E-state index >= 15 is 0 Å². The predicted molar refractivity (Wildman–Crippen MR) is 279 cm³/mol. The fraction of sp³-hybridized carbons (Fsp3) is 0.780. The van der Waals surface area contributed by atoms with Crippen molar-refractivity contribution in [3.8, 4) is 0 Å². The van der Waals surface area contributed by atoms with Crippen LogP contribution in [0.25, 0.3) is 0 Å². The molecule has 0 saturated carbocycles. The molecule has 0 bridgehead atoms. The third-order valence-corrected chi connectivity index (χ3v) is 12.0. The molecule has 1 atom stereocenters. The smallest absolute Gasteiger partial charge is 0.306 e. The Hall–Kier alpha value is -2.89. The van der Waals surface area contributed by atoms with Gasteiger partial charge in [-0.25, -0.2) is 0 Å². The summed E-state index contributed by atoms with van der Waals surface area (Å²) in [6.07, 6.45) is 66.4. The standard InChI is InChI=1S/C59H104O6/c1-4-7-10-13-16-19-22-25-27-28-29-30-32-34-37-40-43-46-49-52-58(61)64-55-56(54-63-57(60)51-48-45-42-39-36-33-24-21-18-15-12-9-6-3)65-59(62)53-50-47-44-41-38-35-31-26-23-20-17-14-11-8-5-2/h8,11,17,20-21,24,26,31,38,41,56H,4-7,9-10,12-16,18-19,22-23,25,27-30,32-37,39-40,42-55H2,1-3H3/b11-8-,20-17-,24-21-,31-26-,41-38-/t56-/m1/s1. The Morgan fingerprint density at radius 1 is 0.323 bits per heavy atom. The molecule has 0 unspecified atom stereocenters. The van der Waals surface area contributed by atoms with Crippen molar-refractivity contribution in [3.05, 3.63) is 60.8 Å². The Morgan fingerprint density at radius 2 is 0.600 bits per heavy atom. The first-order chi connectivity index (χ1) is 32.0. The van der Waals surface area contributed by atoms with Gasteiger partial charge in [-0.15, -0.1) is 0 Å². The minimum absolute atomic E-state index is 0.0912. The van der Waals surface area contributed by atoms with Gasteiger partial charge in [0.05, 0.1) is 0 Å². The largest absolute Gasteiger partial charge is 0.462 e. The van der Waals surface area contributed by atoms with Crippen LogP contribution in [0.15, 0.2) is 60.8 Å². The van der Waals surface area contributed by atoms with Crippen molar-refractivity contribution < 1.29 is 28.6 Å². The fourth-order valence-corrected chi connectivity index (χ4v) is 7.84. The number of carbonyl (C=O) groups is 3. The van der Waals surface area contributed by atoms with E-state index in [9.17, 15) is 14.4 Å². The van der Waals surface area contributed by atoms with E-state index in [2.05, 4.69) is 81.5 Å². The van der Waals surface area contributed by atoms with Gasteiger partial charge in [-0.05, 0) is 83.5 Å². The number of hydrogen-bond acceptors (Lipinski definition) is 6. The van der Waals surface area contributed by atoms with Crippen LogP contribution >= 0.6 is 0 Å². The topological polar surface area (TPSA) is 78.9 Å². The summed E-state index contributed by atoms with van der Waals surface area (Å²) in [5.74, 6) is -0.933. The normalized spacial score (nSPS) is 12.5. The van der Waals surface area contributed by atoms with E-state index in [1.54, 1.807) is 0 Å². The molecule has 0 saturated heterocycles. The SMILES string of the molecule is CC/C=C\C/C=C\C/C=C\C/C=C\CCCCC(=O)O[C@H](COC(=O)CCCCCCC/C=C\CCCCCC)COC(=O)CCCCCCCCCCCCCCCCCCCCC. The van der Waals surface area contributed by atoms with E-state index in [0.717, 1.165) is 83.5 Å². The second-order valence-corrected chi connectivity index (χ2v) is 18.5. The zero-order chi connectivity index (χ0) is 47.2. The molecule has 0 fully saturated rings. The fourth-order valence-electron chi connectivity index (χ4n) is 7.84.